The van der Waals surface area contributed by atoms with E-state index in [1.54, 1.807) is 29.7 Å². The summed E-state index contributed by atoms with van der Waals surface area (Å²) in [6, 6.07) is 18.7. The van der Waals surface area contributed by atoms with Crippen LogP contribution in [0.4, 0.5) is 5.69 Å². The van der Waals surface area contributed by atoms with E-state index in [-0.39, 0.29) is 11.8 Å². The number of anilines is 1. The second-order valence-electron chi connectivity index (χ2n) is 8.36. The van der Waals surface area contributed by atoms with Crippen LogP contribution < -0.4 is 15.9 Å². The van der Waals surface area contributed by atoms with Crippen LogP contribution in [0.1, 0.15) is 45.6 Å². The van der Waals surface area contributed by atoms with E-state index in [1.165, 1.54) is 11.9 Å². The third-order valence-electron chi connectivity index (χ3n) is 5.37. The monoisotopic (exact) mass is 439 g/mol. The zero-order chi connectivity index (χ0) is 23.5. The van der Waals surface area contributed by atoms with Crippen molar-refractivity contribution in [1.29, 1.82) is 0 Å². The van der Waals surface area contributed by atoms with Crippen molar-refractivity contribution in [2.45, 2.75) is 46.5 Å². The number of amides is 3. The smallest absolute Gasteiger partial charge is 0.247 e. The first-order valence-corrected chi connectivity index (χ1v) is 11.0. The molecule has 0 radical (unpaired) electrons. The van der Waals surface area contributed by atoms with Gasteiger partial charge in [-0.05, 0) is 49.3 Å². The van der Waals surface area contributed by atoms with Gasteiger partial charge in [0.2, 0.25) is 17.7 Å². The number of hydrogen-bond donors (Lipinski definition) is 3. The molecule has 172 valence electrons. The van der Waals surface area contributed by atoms with Crippen molar-refractivity contribution in [3.05, 3.63) is 66.2 Å². The molecule has 0 unspecified atom stereocenters. The van der Waals surface area contributed by atoms with Gasteiger partial charge < -0.3 is 0 Å². The van der Waals surface area contributed by atoms with E-state index in [0.29, 0.717) is 24.9 Å². The maximum atomic E-state index is 13.3. The maximum Gasteiger partial charge on any atom is 0.247 e. The van der Waals surface area contributed by atoms with Crippen molar-refractivity contribution < 1.29 is 19.6 Å². The Bertz CT molecular complexity index is 871. The number of para-hydroxylation sites is 1. The molecule has 0 saturated carbocycles. The minimum atomic E-state index is -0.726. The summed E-state index contributed by atoms with van der Waals surface area (Å²) in [4.78, 5) is 38.1. The Morgan fingerprint density at radius 2 is 1.50 bits per heavy atom. The summed E-state index contributed by atoms with van der Waals surface area (Å²) in [7, 11) is 0. The number of carbonyl (C=O) groups is 3. The van der Waals surface area contributed by atoms with Gasteiger partial charge in [-0.3, -0.25) is 25.0 Å². The number of hydroxylamine groups is 1. The number of hydrazine groups is 1. The SMILES string of the molecule is CC(=O)N(NC(=O)[C@H](CC(C)C)[C@H](CCCc1ccccc1)C(=O)NO)c1ccccc1. The molecule has 0 fully saturated rings. The van der Waals surface area contributed by atoms with Gasteiger partial charge in [0.15, 0.2) is 0 Å². The second kappa shape index (κ2) is 12.6. The lowest BCUT2D eigenvalue weighted by Crippen LogP contribution is -2.51. The highest BCUT2D eigenvalue weighted by atomic mass is 16.5. The van der Waals surface area contributed by atoms with Crippen LogP contribution in [0.5, 0.6) is 0 Å². The Morgan fingerprint density at radius 3 is 2.03 bits per heavy atom. The maximum absolute atomic E-state index is 13.3. The van der Waals surface area contributed by atoms with Gasteiger partial charge in [-0.1, -0.05) is 62.4 Å². The Morgan fingerprint density at radius 1 is 0.906 bits per heavy atom. The second-order valence-corrected chi connectivity index (χ2v) is 8.36. The topological polar surface area (TPSA) is 98.7 Å². The fraction of sp³-hybridized carbons (Fsp3) is 0.400. The molecule has 2 aromatic carbocycles. The van der Waals surface area contributed by atoms with E-state index in [9.17, 15) is 19.6 Å². The van der Waals surface area contributed by atoms with Crippen LogP contribution >= 0.6 is 0 Å². The highest BCUT2D eigenvalue weighted by Crippen LogP contribution is 2.27. The van der Waals surface area contributed by atoms with Crippen molar-refractivity contribution in [2.75, 3.05) is 5.01 Å². The van der Waals surface area contributed by atoms with Crippen LogP contribution in [0.2, 0.25) is 0 Å². The summed E-state index contributed by atoms with van der Waals surface area (Å²) >= 11 is 0. The first-order chi connectivity index (χ1) is 15.3. The Kier molecular flexibility index (Phi) is 9.88. The molecule has 0 aliphatic heterocycles. The summed E-state index contributed by atoms with van der Waals surface area (Å²) < 4.78 is 0. The van der Waals surface area contributed by atoms with E-state index in [1.807, 2.05) is 50.2 Å². The molecule has 0 spiro atoms. The minimum absolute atomic E-state index is 0.136. The normalized spacial score (nSPS) is 12.7. The molecular formula is C25H33N3O4. The molecule has 3 amide bonds. The summed E-state index contributed by atoms with van der Waals surface area (Å²) in [5, 5.41) is 10.5. The molecule has 7 heteroatoms. The summed E-state index contributed by atoms with van der Waals surface area (Å²) in [6.45, 7) is 5.30. The summed E-state index contributed by atoms with van der Waals surface area (Å²) in [6.07, 6.45) is 2.31. The predicted octanol–water partition coefficient (Wildman–Crippen LogP) is 3.88. The van der Waals surface area contributed by atoms with Crippen molar-refractivity contribution in [3.63, 3.8) is 0 Å². The fourth-order valence-corrected chi connectivity index (χ4v) is 3.83. The summed E-state index contributed by atoms with van der Waals surface area (Å²) in [5.41, 5.74) is 6.10. The van der Waals surface area contributed by atoms with Crippen LogP contribution in [0, 0.1) is 17.8 Å². The van der Waals surface area contributed by atoms with Crippen LogP contribution in [-0.4, -0.2) is 22.9 Å². The van der Waals surface area contributed by atoms with E-state index in [4.69, 9.17) is 0 Å². The molecule has 0 saturated heterocycles. The predicted molar refractivity (Wildman–Crippen MR) is 123 cm³/mol. The molecule has 2 atom stereocenters. The van der Waals surface area contributed by atoms with Gasteiger partial charge in [0, 0.05) is 6.92 Å². The molecule has 2 rings (SSSR count). The first-order valence-electron chi connectivity index (χ1n) is 11.0. The number of nitrogens with zero attached hydrogens (tertiary/aromatic N) is 1. The van der Waals surface area contributed by atoms with Gasteiger partial charge in [-0.15, -0.1) is 0 Å². The van der Waals surface area contributed by atoms with Crippen LogP contribution in [0.15, 0.2) is 60.7 Å². The molecule has 0 aliphatic carbocycles. The van der Waals surface area contributed by atoms with Gasteiger partial charge in [-0.25, -0.2) is 10.5 Å². The quantitative estimate of drug-likeness (QED) is 0.386. The number of aryl methyl sites for hydroxylation is 1. The Balaban J connectivity index is 2.20. The number of carbonyl (C=O) groups excluding carboxylic acids is 3. The number of nitrogens with one attached hydrogen (secondary N) is 2. The average molecular weight is 440 g/mol. The van der Waals surface area contributed by atoms with Gasteiger partial charge in [-0.2, -0.15) is 0 Å². The lowest BCUT2D eigenvalue weighted by Gasteiger charge is -2.29. The zero-order valence-electron chi connectivity index (χ0n) is 19.0. The van der Waals surface area contributed by atoms with Crippen molar-refractivity contribution in [3.8, 4) is 0 Å². The highest BCUT2D eigenvalue weighted by molar-refractivity contribution is 5.96. The van der Waals surface area contributed by atoms with Crippen LogP contribution in [0.3, 0.4) is 0 Å². The molecule has 0 aromatic heterocycles. The standard InChI is InChI=1S/C25H33N3O4/c1-18(2)17-23(24(30)26-28(19(3)29)21-14-8-5-9-15-21)22(25(31)27-32)16-10-13-20-11-6-4-7-12-20/h4-9,11-12,14-15,18,22-23,32H,10,13,16-17H2,1-3H3,(H,26,30)(H,27,31)/t22-,23+/m0/s1. The molecule has 7 nitrogen and oxygen atoms in total. The van der Waals surface area contributed by atoms with Crippen molar-refractivity contribution in [2.24, 2.45) is 17.8 Å². The highest BCUT2D eigenvalue weighted by Gasteiger charge is 2.35. The van der Waals surface area contributed by atoms with E-state index >= 15 is 0 Å². The average Bonchev–Trinajstić information content (AvgIpc) is 2.79. The van der Waals surface area contributed by atoms with E-state index < -0.39 is 23.7 Å². The third-order valence-corrected chi connectivity index (χ3v) is 5.37. The molecule has 0 aliphatic rings. The van der Waals surface area contributed by atoms with Gasteiger partial charge in [0.1, 0.15) is 0 Å². The molecular weight excluding hydrogens is 406 g/mol. The summed E-state index contributed by atoms with van der Waals surface area (Å²) in [5.74, 6) is -2.66. The van der Waals surface area contributed by atoms with Gasteiger partial charge >= 0.3 is 0 Å². The molecule has 3 N–H and O–H groups in total. The first kappa shape index (κ1) is 25.1. The van der Waals surface area contributed by atoms with Gasteiger partial charge in [0.25, 0.3) is 0 Å². The molecule has 0 heterocycles. The molecule has 0 bridgehead atoms. The largest absolute Gasteiger partial charge is 0.289 e. The van der Waals surface area contributed by atoms with Gasteiger partial charge in [0.05, 0.1) is 17.5 Å². The Hall–Kier alpha value is -3.19. The fourth-order valence-electron chi connectivity index (χ4n) is 3.83. The Labute approximate surface area is 189 Å². The lowest BCUT2D eigenvalue weighted by atomic mass is 9.81. The van der Waals surface area contributed by atoms with Crippen LogP contribution in [0.25, 0.3) is 0 Å². The number of hydrogen-bond acceptors (Lipinski definition) is 4. The number of rotatable bonds is 10. The van der Waals surface area contributed by atoms with E-state index in [2.05, 4.69) is 5.43 Å². The zero-order valence-corrected chi connectivity index (χ0v) is 19.0. The third kappa shape index (κ3) is 7.50. The minimum Gasteiger partial charge on any atom is -0.289 e. The molecule has 2 aromatic rings. The number of benzene rings is 2. The van der Waals surface area contributed by atoms with E-state index in [0.717, 1.165) is 12.0 Å². The lowest BCUT2D eigenvalue weighted by molar-refractivity contribution is -0.141. The molecule has 32 heavy (non-hydrogen) atoms. The van der Waals surface area contributed by atoms with Crippen molar-refractivity contribution >= 4 is 23.4 Å². The van der Waals surface area contributed by atoms with Crippen molar-refractivity contribution in [1.82, 2.24) is 10.9 Å². The van der Waals surface area contributed by atoms with Crippen LogP contribution in [-0.2, 0) is 20.8 Å².